The van der Waals surface area contributed by atoms with Crippen molar-refractivity contribution in [2.45, 2.75) is 31.0 Å². The predicted octanol–water partition coefficient (Wildman–Crippen LogP) is 3.18. The maximum atomic E-state index is 13.7. The summed E-state index contributed by atoms with van der Waals surface area (Å²) in [6.45, 7) is 0. The molecule has 6 N–H and O–H groups in total. The van der Waals surface area contributed by atoms with Crippen LogP contribution in [0.3, 0.4) is 0 Å². The van der Waals surface area contributed by atoms with Crippen molar-refractivity contribution < 1.29 is 48.0 Å². The highest BCUT2D eigenvalue weighted by atomic mass is 19.4. The molecule has 40 heavy (non-hydrogen) atoms. The van der Waals surface area contributed by atoms with Crippen LogP contribution in [0.25, 0.3) is 16.9 Å². The third-order valence-corrected chi connectivity index (χ3v) is 8.05. The molecule has 1 saturated carbocycles. The number of rotatable bonds is 3. The summed E-state index contributed by atoms with van der Waals surface area (Å²) in [5.74, 6) is -7.42. The van der Waals surface area contributed by atoms with E-state index in [4.69, 9.17) is 5.73 Å². The van der Waals surface area contributed by atoms with E-state index in [1.165, 1.54) is 12.1 Å². The molecule has 0 saturated heterocycles. The lowest BCUT2D eigenvalue weighted by Crippen LogP contribution is -2.58. The number of phenols is 1. The molecule has 2 aromatic rings. The lowest BCUT2D eigenvalue weighted by Gasteiger charge is -2.46. The number of alkyl halides is 3. The fraction of sp³-hybridized carbons (Fsp3) is 0.321. The molecular formula is C28H25F3N2O7. The monoisotopic (exact) mass is 558 g/mol. The van der Waals surface area contributed by atoms with Gasteiger partial charge < -0.3 is 31.1 Å². The van der Waals surface area contributed by atoms with E-state index in [0.29, 0.717) is 11.3 Å². The number of halogens is 3. The van der Waals surface area contributed by atoms with Gasteiger partial charge in [-0.2, -0.15) is 13.2 Å². The molecule has 12 heteroatoms. The van der Waals surface area contributed by atoms with Crippen LogP contribution in [-0.4, -0.2) is 57.6 Å². The standard InChI is InChI=1S/C28H25F3N2O7/c1-33(2)17-10-15(11-3-5-13(6-4-11)28(29,30)31)22(35)20-16(17)8-12-7-14-9-18(34)21(26(32)39)25(38)27(14,40)24(37)19(12)23(20)36/h3-6,10,12,14,35-36,38,40H,7-9H2,1-2H3,(H2,32,39)/t12-,14+,27+/m1/s1. The number of hydrogen-bond acceptors (Lipinski definition) is 8. The van der Waals surface area contributed by atoms with Crippen molar-refractivity contribution in [3.8, 4) is 16.9 Å². The van der Waals surface area contributed by atoms with Gasteiger partial charge in [0.1, 0.15) is 22.8 Å². The molecule has 2 aromatic carbocycles. The molecular weight excluding hydrogens is 533 g/mol. The number of fused-ring (bicyclic) bond motifs is 3. The first kappa shape index (κ1) is 27.3. The van der Waals surface area contributed by atoms with Crippen molar-refractivity contribution in [3.63, 3.8) is 0 Å². The fourth-order valence-electron chi connectivity index (χ4n) is 6.13. The summed E-state index contributed by atoms with van der Waals surface area (Å²) in [6.07, 6.45) is -4.92. The van der Waals surface area contributed by atoms with E-state index in [-0.39, 0.29) is 35.1 Å². The number of carbonyl (C=O) groups is 3. The van der Waals surface area contributed by atoms with Crippen LogP contribution in [0.5, 0.6) is 5.75 Å². The fourth-order valence-corrected chi connectivity index (χ4v) is 6.13. The van der Waals surface area contributed by atoms with Crippen LogP contribution in [0.15, 0.2) is 47.2 Å². The largest absolute Gasteiger partial charge is 0.508 e. The molecule has 3 aliphatic rings. The van der Waals surface area contributed by atoms with Crippen molar-refractivity contribution in [3.05, 3.63) is 63.9 Å². The van der Waals surface area contributed by atoms with E-state index >= 15 is 0 Å². The molecule has 0 heterocycles. The maximum Gasteiger partial charge on any atom is 0.416 e. The van der Waals surface area contributed by atoms with Gasteiger partial charge in [0.15, 0.2) is 11.4 Å². The SMILES string of the molecule is CN(C)c1cc(-c2ccc(C(F)(F)F)cc2)c(O)c2c1C[C@H]1C[C@H]3CC(=O)C(C(N)=O)=C(O)[C@@]3(O)C(=O)C1=C2O. The van der Waals surface area contributed by atoms with Crippen LogP contribution in [0.2, 0.25) is 0 Å². The van der Waals surface area contributed by atoms with Crippen LogP contribution in [0.4, 0.5) is 18.9 Å². The number of hydrogen-bond donors (Lipinski definition) is 5. The summed E-state index contributed by atoms with van der Waals surface area (Å²) in [6, 6.07) is 5.62. The summed E-state index contributed by atoms with van der Waals surface area (Å²) in [5, 5.41) is 44.8. The number of nitrogens with two attached hydrogens (primary N) is 1. The van der Waals surface area contributed by atoms with Crippen molar-refractivity contribution in [1.82, 2.24) is 0 Å². The summed E-state index contributed by atoms with van der Waals surface area (Å²) in [4.78, 5) is 39.7. The second kappa shape index (κ2) is 8.85. The summed E-state index contributed by atoms with van der Waals surface area (Å²) >= 11 is 0. The van der Waals surface area contributed by atoms with Crippen molar-refractivity contribution in [1.29, 1.82) is 0 Å². The summed E-state index contributed by atoms with van der Waals surface area (Å²) < 4.78 is 39.3. The third kappa shape index (κ3) is 3.77. The normalized spacial score (nSPS) is 24.4. The second-order valence-corrected chi connectivity index (χ2v) is 10.5. The number of nitrogens with zero attached hydrogens (tertiary/aromatic N) is 1. The quantitative estimate of drug-likeness (QED) is 0.359. The molecule has 1 fully saturated rings. The van der Waals surface area contributed by atoms with Gasteiger partial charge in [-0.25, -0.2) is 0 Å². The molecule has 0 unspecified atom stereocenters. The van der Waals surface area contributed by atoms with Crippen molar-refractivity contribution in [2.75, 3.05) is 19.0 Å². The Morgan fingerprint density at radius 1 is 1.07 bits per heavy atom. The van der Waals surface area contributed by atoms with Crippen LogP contribution in [-0.2, 0) is 27.0 Å². The van der Waals surface area contributed by atoms with Gasteiger partial charge in [0.2, 0.25) is 5.78 Å². The Bertz CT molecular complexity index is 1560. The number of anilines is 1. The zero-order valence-corrected chi connectivity index (χ0v) is 21.3. The molecule has 210 valence electrons. The third-order valence-electron chi connectivity index (χ3n) is 8.05. The number of aromatic hydroxyl groups is 1. The molecule has 9 nitrogen and oxygen atoms in total. The van der Waals surface area contributed by atoms with Crippen molar-refractivity contribution in [2.24, 2.45) is 17.6 Å². The molecule has 0 radical (unpaired) electrons. The number of ketones is 2. The van der Waals surface area contributed by atoms with Crippen molar-refractivity contribution >= 4 is 28.9 Å². The molecule has 3 atom stereocenters. The van der Waals surface area contributed by atoms with Crippen LogP contribution < -0.4 is 10.6 Å². The van der Waals surface area contributed by atoms with Gasteiger partial charge in [0.05, 0.1) is 11.1 Å². The van der Waals surface area contributed by atoms with E-state index < -0.39 is 75.9 Å². The van der Waals surface area contributed by atoms with Crippen LogP contribution in [0, 0.1) is 11.8 Å². The Labute approximate surface area is 225 Å². The van der Waals surface area contributed by atoms with Gasteiger partial charge >= 0.3 is 6.18 Å². The lowest BCUT2D eigenvalue weighted by molar-refractivity contribution is -0.147. The van der Waals surface area contributed by atoms with E-state index in [1.54, 1.807) is 25.1 Å². The number of aliphatic hydroxyl groups is 3. The molecule has 0 aromatic heterocycles. The first-order valence-electron chi connectivity index (χ1n) is 12.3. The highest BCUT2D eigenvalue weighted by molar-refractivity contribution is 6.22. The maximum absolute atomic E-state index is 13.7. The number of carbonyl (C=O) groups excluding carboxylic acids is 3. The van der Waals surface area contributed by atoms with Gasteiger partial charge in [-0.15, -0.1) is 0 Å². The number of phenolic OH excluding ortho intramolecular Hbond substituents is 1. The summed E-state index contributed by atoms with van der Waals surface area (Å²) in [5.41, 5.74) is 1.54. The van der Waals surface area contributed by atoms with E-state index in [2.05, 4.69) is 0 Å². The number of Topliss-reactive ketones (excluding diaryl/α,β-unsaturated/α-hetero) is 2. The summed E-state index contributed by atoms with van der Waals surface area (Å²) in [7, 11) is 3.39. The van der Waals surface area contributed by atoms with Crippen LogP contribution >= 0.6 is 0 Å². The Hall–Kier alpha value is -4.32. The minimum Gasteiger partial charge on any atom is -0.508 e. The first-order chi connectivity index (χ1) is 18.6. The predicted molar refractivity (Wildman–Crippen MR) is 136 cm³/mol. The molecule has 5 rings (SSSR count). The molecule has 0 aliphatic heterocycles. The second-order valence-electron chi connectivity index (χ2n) is 10.5. The van der Waals surface area contributed by atoms with E-state index in [0.717, 1.165) is 12.1 Å². The minimum atomic E-state index is -4.57. The zero-order valence-electron chi connectivity index (χ0n) is 21.3. The molecule has 0 spiro atoms. The molecule has 1 amide bonds. The number of amides is 1. The number of aliphatic hydroxyl groups excluding tert-OH is 2. The van der Waals surface area contributed by atoms with Gasteiger partial charge in [-0.1, -0.05) is 12.1 Å². The van der Waals surface area contributed by atoms with E-state index in [9.17, 15) is 48.0 Å². The number of primary amides is 1. The Morgan fingerprint density at radius 3 is 2.25 bits per heavy atom. The topological polar surface area (TPSA) is 161 Å². The Balaban J connectivity index is 1.71. The Morgan fingerprint density at radius 2 is 1.70 bits per heavy atom. The average molecular weight is 559 g/mol. The Kier molecular flexibility index (Phi) is 6.03. The van der Waals surface area contributed by atoms with Gasteiger partial charge in [-0.05, 0) is 48.1 Å². The zero-order chi connectivity index (χ0) is 29.5. The molecule has 0 bridgehead atoms. The highest BCUT2D eigenvalue weighted by Crippen LogP contribution is 2.54. The van der Waals surface area contributed by atoms with E-state index in [1.807, 2.05) is 0 Å². The molecule has 3 aliphatic carbocycles. The highest BCUT2D eigenvalue weighted by Gasteiger charge is 2.60. The lowest BCUT2D eigenvalue weighted by atomic mass is 9.59. The van der Waals surface area contributed by atoms with Gasteiger partial charge in [0.25, 0.3) is 5.91 Å². The van der Waals surface area contributed by atoms with Gasteiger partial charge in [-0.3, -0.25) is 14.4 Å². The van der Waals surface area contributed by atoms with Gasteiger partial charge in [0, 0.05) is 43.3 Å². The smallest absolute Gasteiger partial charge is 0.416 e. The van der Waals surface area contributed by atoms with Crippen LogP contribution in [0.1, 0.15) is 29.5 Å². The average Bonchev–Trinajstić information content (AvgIpc) is 2.85. The number of benzene rings is 2. The first-order valence-corrected chi connectivity index (χ1v) is 12.3. The minimum absolute atomic E-state index is 0.0167.